The Labute approximate surface area is 96.4 Å². The molecule has 0 aromatic heterocycles. The number of amides is 2. The molecule has 1 saturated carbocycles. The number of hydrogen-bond acceptors (Lipinski definition) is 2. The van der Waals surface area contributed by atoms with Gasteiger partial charge in [-0.25, -0.2) is 0 Å². The molecule has 1 N–H and O–H groups in total. The molecule has 2 unspecified atom stereocenters. The van der Waals surface area contributed by atoms with Gasteiger partial charge in [-0.1, -0.05) is 13.8 Å². The summed E-state index contributed by atoms with van der Waals surface area (Å²) in [4.78, 5) is 25.7. The van der Waals surface area contributed by atoms with Crippen LogP contribution in [0.5, 0.6) is 0 Å². The fraction of sp³-hybridized carbons (Fsp3) is 0.833. The van der Waals surface area contributed by atoms with Crippen molar-refractivity contribution in [2.75, 3.05) is 6.54 Å². The second-order valence-corrected chi connectivity index (χ2v) is 5.38. The first-order valence-corrected chi connectivity index (χ1v) is 6.11. The zero-order valence-electron chi connectivity index (χ0n) is 10.2. The summed E-state index contributed by atoms with van der Waals surface area (Å²) >= 11 is 0. The van der Waals surface area contributed by atoms with Crippen molar-refractivity contribution < 1.29 is 9.59 Å². The third-order valence-corrected chi connectivity index (χ3v) is 3.35. The molecule has 1 saturated heterocycles. The number of nitrogens with one attached hydrogen (secondary N) is 1. The Kier molecular flexibility index (Phi) is 2.91. The summed E-state index contributed by atoms with van der Waals surface area (Å²) in [6.45, 7) is 6.62. The van der Waals surface area contributed by atoms with Crippen LogP contribution in [0.1, 0.15) is 33.6 Å². The summed E-state index contributed by atoms with van der Waals surface area (Å²) in [6.07, 6.45) is 2.14. The molecule has 2 rings (SSSR count). The highest BCUT2D eigenvalue weighted by molar-refractivity contribution is 5.97. The maximum Gasteiger partial charge on any atom is 0.246 e. The maximum absolute atomic E-state index is 12.2. The van der Waals surface area contributed by atoms with Gasteiger partial charge in [0.1, 0.15) is 12.1 Å². The van der Waals surface area contributed by atoms with E-state index < -0.39 is 0 Å². The van der Waals surface area contributed by atoms with Gasteiger partial charge in [-0.2, -0.15) is 0 Å². The number of carbonyl (C=O) groups excluding carboxylic acids is 2. The molecule has 1 aliphatic carbocycles. The molecule has 0 aromatic rings. The minimum atomic E-state index is -0.315. The third-order valence-electron chi connectivity index (χ3n) is 3.35. The fourth-order valence-electron chi connectivity index (χ4n) is 2.24. The standard InChI is InChI=1S/C12H20N2O2/c1-7(2)6-14-8(3)11(15)13-10(12(14)16)9-4-5-9/h7-10H,4-6H2,1-3H3,(H,13,15). The van der Waals surface area contributed by atoms with Crippen LogP contribution in [0.4, 0.5) is 0 Å². The van der Waals surface area contributed by atoms with Gasteiger partial charge in [-0.3, -0.25) is 9.59 Å². The minimum Gasteiger partial charge on any atom is -0.342 e. The molecule has 4 nitrogen and oxygen atoms in total. The van der Waals surface area contributed by atoms with Crippen LogP contribution in [-0.2, 0) is 9.59 Å². The van der Waals surface area contributed by atoms with Gasteiger partial charge in [-0.15, -0.1) is 0 Å². The molecule has 2 atom stereocenters. The Balaban J connectivity index is 2.12. The molecule has 4 heteroatoms. The fourth-order valence-corrected chi connectivity index (χ4v) is 2.24. The summed E-state index contributed by atoms with van der Waals surface area (Å²) in [5.41, 5.74) is 0. The molecule has 1 aliphatic heterocycles. The molecule has 0 aromatic carbocycles. The Morgan fingerprint density at radius 3 is 2.50 bits per heavy atom. The first-order valence-electron chi connectivity index (χ1n) is 6.11. The highest BCUT2D eigenvalue weighted by Gasteiger charge is 2.45. The van der Waals surface area contributed by atoms with Gasteiger partial charge >= 0.3 is 0 Å². The van der Waals surface area contributed by atoms with Crippen molar-refractivity contribution in [2.24, 2.45) is 11.8 Å². The summed E-state index contributed by atoms with van der Waals surface area (Å²) in [7, 11) is 0. The van der Waals surface area contributed by atoms with E-state index in [0.29, 0.717) is 18.4 Å². The molecule has 2 fully saturated rings. The first-order chi connectivity index (χ1) is 7.50. The molecular formula is C12H20N2O2. The van der Waals surface area contributed by atoms with Crippen molar-refractivity contribution in [1.29, 1.82) is 0 Å². The zero-order valence-corrected chi connectivity index (χ0v) is 10.2. The van der Waals surface area contributed by atoms with E-state index in [1.54, 1.807) is 11.8 Å². The lowest BCUT2D eigenvalue weighted by atomic mass is 10.0. The number of piperazine rings is 1. The lowest BCUT2D eigenvalue weighted by Crippen LogP contribution is -2.63. The van der Waals surface area contributed by atoms with Crippen LogP contribution in [0.3, 0.4) is 0 Å². The number of rotatable bonds is 3. The molecule has 0 radical (unpaired) electrons. The van der Waals surface area contributed by atoms with Crippen molar-refractivity contribution in [3.8, 4) is 0 Å². The second kappa shape index (κ2) is 4.07. The van der Waals surface area contributed by atoms with Crippen LogP contribution in [0.25, 0.3) is 0 Å². The molecule has 90 valence electrons. The molecule has 2 aliphatic rings. The number of hydrogen-bond donors (Lipinski definition) is 1. The van der Waals surface area contributed by atoms with Crippen LogP contribution in [-0.4, -0.2) is 35.3 Å². The lowest BCUT2D eigenvalue weighted by molar-refractivity contribution is -0.149. The average Bonchev–Trinajstić information content (AvgIpc) is 3.01. The van der Waals surface area contributed by atoms with Crippen molar-refractivity contribution >= 4 is 11.8 Å². The zero-order chi connectivity index (χ0) is 11.9. The number of nitrogens with zero attached hydrogens (tertiary/aromatic N) is 1. The normalized spacial score (nSPS) is 30.9. The molecular weight excluding hydrogens is 204 g/mol. The van der Waals surface area contributed by atoms with E-state index in [-0.39, 0.29) is 23.9 Å². The summed E-state index contributed by atoms with van der Waals surface area (Å²) in [5.74, 6) is 0.899. The summed E-state index contributed by atoms with van der Waals surface area (Å²) in [6, 6.07) is -0.563. The van der Waals surface area contributed by atoms with Crippen molar-refractivity contribution in [1.82, 2.24) is 10.2 Å². The molecule has 16 heavy (non-hydrogen) atoms. The quantitative estimate of drug-likeness (QED) is 0.769. The van der Waals surface area contributed by atoms with Crippen LogP contribution < -0.4 is 5.32 Å². The van der Waals surface area contributed by atoms with E-state index >= 15 is 0 Å². The van der Waals surface area contributed by atoms with Crippen LogP contribution in [0, 0.1) is 11.8 Å². The smallest absolute Gasteiger partial charge is 0.246 e. The van der Waals surface area contributed by atoms with Gasteiger partial charge in [0.25, 0.3) is 0 Å². The van der Waals surface area contributed by atoms with E-state index in [1.165, 1.54) is 0 Å². The second-order valence-electron chi connectivity index (χ2n) is 5.38. The molecule has 0 bridgehead atoms. The third kappa shape index (κ3) is 2.06. The van der Waals surface area contributed by atoms with Gasteiger partial charge < -0.3 is 10.2 Å². The molecule has 0 spiro atoms. The van der Waals surface area contributed by atoms with E-state index in [9.17, 15) is 9.59 Å². The van der Waals surface area contributed by atoms with Crippen molar-refractivity contribution in [3.63, 3.8) is 0 Å². The summed E-state index contributed by atoms with van der Waals surface area (Å²) < 4.78 is 0. The van der Waals surface area contributed by atoms with Gasteiger partial charge in [0.05, 0.1) is 0 Å². The van der Waals surface area contributed by atoms with Gasteiger partial charge in [0.2, 0.25) is 11.8 Å². The Morgan fingerprint density at radius 1 is 1.38 bits per heavy atom. The van der Waals surface area contributed by atoms with Crippen molar-refractivity contribution in [2.45, 2.75) is 45.7 Å². The Hall–Kier alpha value is -1.06. The molecule has 1 heterocycles. The average molecular weight is 224 g/mol. The van der Waals surface area contributed by atoms with E-state index in [2.05, 4.69) is 19.2 Å². The monoisotopic (exact) mass is 224 g/mol. The predicted molar refractivity (Wildman–Crippen MR) is 60.7 cm³/mol. The predicted octanol–water partition coefficient (Wildman–Crippen LogP) is 0.768. The van der Waals surface area contributed by atoms with Crippen LogP contribution >= 0.6 is 0 Å². The van der Waals surface area contributed by atoms with Gasteiger partial charge in [-0.05, 0) is 31.6 Å². The maximum atomic E-state index is 12.2. The van der Waals surface area contributed by atoms with E-state index in [1.807, 2.05) is 0 Å². The Bertz CT molecular complexity index is 310. The van der Waals surface area contributed by atoms with E-state index in [4.69, 9.17) is 0 Å². The number of carbonyl (C=O) groups is 2. The minimum absolute atomic E-state index is 0.00264. The summed E-state index contributed by atoms with van der Waals surface area (Å²) in [5, 5.41) is 2.85. The van der Waals surface area contributed by atoms with E-state index in [0.717, 1.165) is 12.8 Å². The lowest BCUT2D eigenvalue weighted by Gasteiger charge is -2.38. The SMILES string of the molecule is CC(C)CN1C(=O)C(C2CC2)NC(=O)C1C. The van der Waals surface area contributed by atoms with Gasteiger partial charge in [0.15, 0.2) is 0 Å². The largest absolute Gasteiger partial charge is 0.342 e. The van der Waals surface area contributed by atoms with Crippen LogP contribution in [0.15, 0.2) is 0 Å². The molecule has 2 amide bonds. The van der Waals surface area contributed by atoms with Gasteiger partial charge in [0, 0.05) is 6.54 Å². The van der Waals surface area contributed by atoms with Crippen molar-refractivity contribution in [3.05, 3.63) is 0 Å². The van der Waals surface area contributed by atoms with Crippen LogP contribution in [0.2, 0.25) is 0 Å². The first kappa shape index (κ1) is 11.4. The topological polar surface area (TPSA) is 49.4 Å². The highest BCUT2D eigenvalue weighted by Crippen LogP contribution is 2.35. The Morgan fingerprint density at radius 2 is 2.00 bits per heavy atom. The highest BCUT2D eigenvalue weighted by atomic mass is 16.2.